The third-order valence-corrected chi connectivity index (χ3v) is 5.32. The summed E-state index contributed by atoms with van der Waals surface area (Å²) < 4.78 is 0. The molecule has 25 heavy (non-hydrogen) atoms. The Morgan fingerprint density at radius 2 is 2.12 bits per heavy atom. The molecule has 4 heteroatoms. The number of carbonyl (C=O) groups excluding carboxylic acids is 1. The summed E-state index contributed by atoms with van der Waals surface area (Å²) in [5.41, 5.74) is 4.81. The van der Waals surface area contributed by atoms with E-state index in [0.29, 0.717) is 6.04 Å². The normalized spacial score (nSPS) is 17.7. The van der Waals surface area contributed by atoms with Gasteiger partial charge in [0.05, 0.1) is 11.6 Å². The Hall–Kier alpha value is -2.12. The summed E-state index contributed by atoms with van der Waals surface area (Å²) in [5, 5.41) is 12.1. The molecule has 1 N–H and O–H groups in total. The fraction of sp³-hybridized carbons (Fsp3) is 0.524. The molecule has 4 nitrogen and oxygen atoms in total. The SMILES string of the molecule is CC(=O)NC1CCN(CCCCC2=CCc3ccc(C#N)cc32)CC1. The van der Waals surface area contributed by atoms with Gasteiger partial charge in [-0.05, 0) is 73.9 Å². The van der Waals surface area contributed by atoms with Gasteiger partial charge in [0.1, 0.15) is 0 Å². The molecule has 0 spiro atoms. The number of rotatable bonds is 6. The minimum atomic E-state index is 0.0862. The Morgan fingerprint density at radius 3 is 2.84 bits per heavy atom. The molecule has 0 unspecified atom stereocenters. The molecule has 0 atom stereocenters. The van der Waals surface area contributed by atoms with Crippen LogP contribution in [0.3, 0.4) is 0 Å². The van der Waals surface area contributed by atoms with E-state index in [1.807, 2.05) is 12.1 Å². The molecular formula is C21H27N3O. The Labute approximate surface area is 150 Å². The summed E-state index contributed by atoms with van der Waals surface area (Å²) in [6, 6.07) is 8.66. The first kappa shape index (κ1) is 17.7. The molecule has 1 fully saturated rings. The Morgan fingerprint density at radius 1 is 1.32 bits per heavy atom. The second kappa shape index (κ2) is 8.31. The Balaban J connectivity index is 1.38. The molecule has 3 rings (SSSR count). The van der Waals surface area contributed by atoms with Crippen LogP contribution in [0.15, 0.2) is 24.3 Å². The average molecular weight is 337 g/mol. The van der Waals surface area contributed by atoms with Crippen LogP contribution < -0.4 is 5.32 Å². The largest absolute Gasteiger partial charge is 0.354 e. The third-order valence-electron chi connectivity index (χ3n) is 5.32. The lowest BCUT2D eigenvalue weighted by molar-refractivity contribution is -0.119. The van der Waals surface area contributed by atoms with Gasteiger partial charge in [-0.3, -0.25) is 4.79 Å². The van der Waals surface area contributed by atoms with Crippen molar-refractivity contribution in [3.8, 4) is 6.07 Å². The number of unbranched alkanes of at least 4 members (excludes halogenated alkanes) is 1. The number of nitriles is 1. The lowest BCUT2D eigenvalue weighted by Gasteiger charge is -2.32. The van der Waals surface area contributed by atoms with Crippen molar-refractivity contribution in [3.05, 3.63) is 41.0 Å². The first-order chi connectivity index (χ1) is 12.2. The van der Waals surface area contributed by atoms with Gasteiger partial charge in [-0.1, -0.05) is 12.1 Å². The van der Waals surface area contributed by atoms with Crippen molar-refractivity contribution in [3.63, 3.8) is 0 Å². The van der Waals surface area contributed by atoms with Crippen molar-refractivity contribution in [2.45, 2.75) is 51.5 Å². The van der Waals surface area contributed by atoms with E-state index in [0.717, 1.165) is 50.9 Å². The maximum Gasteiger partial charge on any atom is 0.217 e. The van der Waals surface area contributed by atoms with Crippen molar-refractivity contribution >= 4 is 11.5 Å². The zero-order valence-corrected chi connectivity index (χ0v) is 15.1. The van der Waals surface area contributed by atoms with Crippen LogP contribution in [0.4, 0.5) is 0 Å². The molecule has 1 aliphatic carbocycles. The lowest BCUT2D eigenvalue weighted by atomic mass is 9.99. The number of carbonyl (C=O) groups is 1. The molecule has 0 aromatic heterocycles. The number of amides is 1. The van der Waals surface area contributed by atoms with Gasteiger partial charge in [0.2, 0.25) is 5.91 Å². The van der Waals surface area contributed by atoms with Crippen molar-refractivity contribution in [2.24, 2.45) is 0 Å². The number of likely N-dealkylation sites (tertiary alicyclic amines) is 1. The van der Waals surface area contributed by atoms with Crippen LogP contribution >= 0.6 is 0 Å². The monoisotopic (exact) mass is 337 g/mol. The number of hydrogen-bond acceptors (Lipinski definition) is 3. The molecule has 1 amide bonds. The predicted octanol–water partition coefficient (Wildman–Crippen LogP) is 3.27. The van der Waals surface area contributed by atoms with Gasteiger partial charge in [-0.25, -0.2) is 0 Å². The first-order valence-corrected chi connectivity index (χ1v) is 9.37. The summed E-state index contributed by atoms with van der Waals surface area (Å²) in [6.45, 7) is 4.91. The molecule has 2 aliphatic rings. The van der Waals surface area contributed by atoms with Crippen LogP contribution in [0.25, 0.3) is 5.57 Å². The molecule has 1 saturated heterocycles. The summed E-state index contributed by atoms with van der Waals surface area (Å²) in [5.74, 6) is 0.0862. The molecule has 1 aliphatic heterocycles. The zero-order chi connectivity index (χ0) is 17.6. The van der Waals surface area contributed by atoms with Crippen LogP contribution in [0.1, 0.15) is 55.7 Å². The summed E-state index contributed by atoms with van der Waals surface area (Å²) in [4.78, 5) is 13.6. The minimum absolute atomic E-state index is 0.0862. The van der Waals surface area contributed by atoms with Crippen LogP contribution in [0.2, 0.25) is 0 Å². The number of allylic oxidation sites excluding steroid dienone is 2. The second-order valence-corrected chi connectivity index (χ2v) is 7.19. The molecule has 0 saturated carbocycles. The van der Waals surface area contributed by atoms with Crippen LogP contribution in [0, 0.1) is 11.3 Å². The maximum atomic E-state index is 11.1. The van der Waals surface area contributed by atoms with Gasteiger partial charge in [0.15, 0.2) is 0 Å². The van der Waals surface area contributed by atoms with Crippen LogP contribution in [-0.4, -0.2) is 36.5 Å². The summed E-state index contributed by atoms with van der Waals surface area (Å²) >= 11 is 0. The third kappa shape index (κ3) is 4.70. The molecule has 132 valence electrons. The average Bonchev–Trinajstić information content (AvgIpc) is 3.02. The van der Waals surface area contributed by atoms with E-state index in [-0.39, 0.29) is 5.91 Å². The van der Waals surface area contributed by atoms with Crippen molar-refractivity contribution in [1.29, 1.82) is 5.26 Å². The second-order valence-electron chi connectivity index (χ2n) is 7.19. The van der Waals surface area contributed by atoms with Crippen LogP contribution in [-0.2, 0) is 11.2 Å². The van der Waals surface area contributed by atoms with Gasteiger partial charge >= 0.3 is 0 Å². The minimum Gasteiger partial charge on any atom is -0.354 e. The number of piperidine rings is 1. The Bertz CT molecular complexity index is 694. The predicted molar refractivity (Wildman–Crippen MR) is 100.0 cm³/mol. The van der Waals surface area contributed by atoms with E-state index in [1.165, 1.54) is 29.5 Å². The number of fused-ring (bicyclic) bond motifs is 1. The van der Waals surface area contributed by atoms with E-state index in [4.69, 9.17) is 5.26 Å². The molecule has 1 aromatic carbocycles. The number of benzene rings is 1. The fourth-order valence-corrected chi connectivity index (χ4v) is 3.94. The van der Waals surface area contributed by atoms with E-state index in [2.05, 4.69) is 28.4 Å². The smallest absolute Gasteiger partial charge is 0.217 e. The maximum absolute atomic E-state index is 11.1. The van der Waals surface area contributed by atoms with Crippen molar-refractivity contribution < 1.29 is 4.79 Å². The van der Waals surface area contributed by atoms with Gasteiger partial charge in [-0.15, -0.1) is 0 Å². The number of hydrogen-bond donors (Lipinski definition) is 1. The van der Waals surface area contributed by atoms with Gasteiger partial charge < -0.3 is 10.2 Å². The molecule has 1 aromatic rings. The summed E-state index contributed by atoms with van der Waals surface area (Å²) in [7, 11) is 0. The molecule has 0 radical (unpaired) electrons. The Kier molecular flexibility index (Phi) is 5.88. The first-order valence-electron chi connectivity index (χ1n) is 9.37. The van der Waals surface area contributed by atoms with Gasteiger partial charge in [0.25, 0.3) is 0 Å². The number of nitrogens with one attached hydrogen (secondary N) is 1. The standard InChI is InChI=1S/C21H27N3O/c1-16(25)23-20-9-12-24(13-10-20)11-3-2-4-18-7-8-19-6-5-17(15-22)14-21(18)19/h5-7,14,20H,2-4,8-13H2,1H3,(H,23,25). The van der Waals surface area contributed by atoms with E-state index < -0.39 is 0 Å². The van der Waals surface area contributed by atoms with Gasteiger partial charge in [0, 0.05) is 26.1 Å². The summed E-state index contributed by atoms with van der Waals surface area (Å²) in [6.07, 6.45) is 8.95. The highest BCUT2D eigenvalue weighted by Gasteiger charge is 2.19. The van der Waals surface area contributed by atoms with E-state index >= 15 is 0 Å². The highest BCUT2D eigenvalue weighted by Crippen LogP contribution is 2.31. The topological polar surface area (TPSA) is 56.1 Å². The quantitative estimate of drug-likeness (QED) is 0.811. The lowest BCUT2D eigenvalue weighted by Crippen LogP contribution is -2.44. The van der Waals surface area contributed by atoms with E-state index in [9.17, 15) is 4.79 Å². The van der Waals surface area contributed by atoms with Crippen molar-refractivity contribution in [2.75, 3.05) is 19.6 Å². The van der Waals surface area contributed by atoms with Crippen LogP contribution in [0.5, 0.6) is 0 Å². The molecular weight excluding hydrogens is 310 g/mol. The van der Waals surface area contributed by atoms with Gasteiger partial charge in [-0.2, -0.15) is 5.26 Å². The van der Waals surface area contributed by atoms with E-state index in [1.54, 1.807) is 6.92 Å². The number of nitrogens with zero attached hydrogens (tertiary/aromatic N) is 2. The molecule has 0 bridgehead atoms. The molecule has 1 heterocycles. The highest BCUT2D eigenvalue weighted by atomic mass is 16.1. The fourth-order valence-electron chi connectivity index (χ4n) is 3.94. The highest BCUT2D eigenvalue weighted by molar-refractivity contribution is 5.74. The van der Waals surface area contributed by atoms with Crippen molar-refractivity contribution in [1.82, 2.24) is 10.2 Å². The zero-order valence-electron chi connectivity index (χ0n) is 15.1.